The van der Waals surface area contributed by atoms with Crippen LogP contribution in [0.5, 0.6) is 0 Å². The molecule has 0 bridgehead atoms. The minimum absolute atomic E-state index is 0.0114. The summed E-state index contributed by atoms with van der Waals surface area (Å²) < 4.78 is 4.95. The molecule has 5 nitrogen and oxygen atoms in total. The Morgan fingerprint density at radius 3 is 2.63 bits per heavy atom. The molecule has 0 atom stereocenters. The van der Waals surface area contributed by atoms with Crippen molar-refractivity contribution in [2.75, 3.05) is 33.9 Å². The Hall–Kier alpha value is -2.18. The largest absolute Gasteiger partial charge is 0.375 e. The lowest BCUT2D eigenvalue weighted by molar-refractivity contribution is -0.142. The normalized spacial score (nSPS) is 16.1. The summed E-state index contributed by atoms with van der Waals surface area (Å²) in [6, 6.07) is 12.6. The van der Waals surface area contributed by atoms with Gasteiger partial charge in [-0.1, -0.05) is 30.3 Å². The third-order valence-corrected chi connectivity index (χ3v) is 6.24. The summed E-state index contributed by atoms with van der Waals surface area (Å²) in [7, 11) is 3.21. The number of hydrogen-bond acceptors (Lipinski definition) is 4. The number of rotatable bonds is 6. The third-order valence-electron chi connectivity index (χ3n) is 5.32. The number of ether oxygens (including phenoxy) is 1. The third kappa shape index (κ3) is 4.39. The van der Waals surface area contributed by atoms with Gasteiger partial charge in [-0.15, -0.1) is 11.3 Å². The summed E-state index contributed by atoms with van der Waals surface area (Å²) in [5.74, 6) is 0.0468. The van der Waals surface area contributed by atoms with Crippen molar-refractivity contribution >= 4 is 23.2 Å². The van der Waals surface area contributed by atoms with Crippen LogP contribution >= 0.6 is 11.3 Å². The minimum Gasteiger partial charge on any atom is -0.375 e. The predicted molar refractivity (Wildman–Crippen MR) is 108 cm³/mol. The molecule has 1 N–H and O–H groups in total. The second-order valence-electron chi connectivity index (χ2n) is 7.03. The van der Waals surface area contributed by atoms with Crippen molar-refractivity contribution in [1.82, 2.24) is 10.2 Å². The van der Waals surface area contributed by atoms with E-state index in [2.05, 4.69) is 41.0 Å². The molecule has 0 unspecified atom stereocenters. The molecule has 1 saturated heterocycles. The van der Waals surface area contributed by atoms with Gasteiger partial charge in [0.25, 0.3) is 0 Å². The van der Waals surface area contributed by atoms with Crippen molar-refractivity contribution in [2.24, 2.45) is 5.41 Å². The van der Waals surface area contributed by atoms with Crippen LogP contribution in [0.1, 0.15) is 18.4 Å². The summed E-state index contributed by atoms with van der Waals surface area (Å²) in [4.78, 5) is 27.9. The number of hydrogen-bond donors (Lipinski definition) is 1. The van der Waals surface area contributed by atoms with E-state index in [1.807, 2.05) is 6.07 Å². The van der Waals surface area contributed by atoms with Gasteiger partial charge >= 0.3 is 0 Å². The average Bonchev–Trinajstić information content (AvgIpc) is 3.23. The highest BCUT2D eigenvalue weighted by Crippen LogP contribution is 2.36. The molecule has 0 aliphatic carbocycles. The molecule has 1 aliphatic rings. The van der Waals surface area contributed by atoms with Crippen molar-refractivity contribution in [1.29, 1.82) is 0 Å². The lowest BCUT2D eigenvalue weighted by Crippen LogP contribution is -2.51. The van der Waals surface area contributed by atoms with Crippen LogP contribution in [0.15, 0.2) is 41.8 Å². The summed E-state index contributed by atoms with van der Waals surface area (Å²) in [5, 5.41) is 4.91. The van der Waals surface area contributed by atoms with Crippen LogP contribution in [0.2, 0.25) is 0 Å². The minimum atomic E-state index is -0.479. The van der Waals surface area contributed by atoms with Crippen molar-refractivity contribution in [3.63, 3.8) is 0 Å². The van der Waals surface area contributed by atoms with Crippen molar-refractivity contribution in [2.45, 2.75) is 19.3 Å². The monoisotopic (exact) mass is 386 g/mol. The molecular weight excluding hydrogens is 360 g/mol. The van der Waals surface area contributed by atoms with E-state index in [4.69, 9.17) is 4.74 Å². The van der Waals surface area contributed by atoms with Crippen LogP contribution < -0.4 is 5.32 Å². The number of benzene rings is 1. The number of likely N-dealkylation sites (tertiary alicyclic amines) is 1. The molecule has 2 aromatic rings. The fraction of sp³-hybridized carbons (Fsp3) is 0.429. The average molecular weight is 387 g/mol. The van der Waals surface area contributed by atoms with E-state index < -0.39 is 5.41 Å². The maximum absolute atomic E-state index is 12.8. The Morgan fingerprint density at radius 2 is 2.00 bits per heavy atom. The SMILES string of the molecule is CNC(=O)C1(Cc2cccc(-c3cccs3)c2)CCN(C(=O)COC)CC1. The summed E-state index contributed by atoms with van der Waals surface area (Å²) in [5.41, 5.74) is 1.86. The van der Waals surface area contributed by atoms with Gasteiger partial charge < -0.3 is 15.0 Å². The summed E-state index contributed by atoms with van der Waals surface area (Å²) in [6.45, 7) is 1.26. The molecule has 3 rings (SSSR count). The number of carbonyl (C=O) groups excluding carboxylic acids is 2. The molecular formula is C21H26N2O3S. The molecule has 0 saturated carbocycles. The quantitative estimate of drug-likeness (QED) is 0.830. The van der Waals surface area contributed by atoms with E-state index in [9.17, 15) is 9.59 Å². The number of nitrogens with one attached hydrogen (secondary N) is 1. The zero-order valence-corrected chi connectivity index (χ0v) is 16.7. The molecule has 0 spiro atoms. The maximum atomic E-state index is 12.8. The molecule has 2 heterocycles. The molecule has 0 radical (unpaired) electrons. The molecule has 144 valence electrons. The fourth-order valence-corrected chi connectivity index (χ4v) is 4.54. The van der Waals surface area contributed by atoms with Gasteiger partial charge in [0.2, 0.25) is 11.8 Å². The highest BCUT2D eigenvalue weighted by molar-refractivity contribution is 7.13. The Bertz CT molecular complexity index is 780. The van der Waals surface area contributed by atoms with Crippen LogP contribution in [0, 0.1) is 5.41 Å². The first-order valence-electron chi connectivity index (χ1n) is 9.20. The number of amides is 2. The Morgan fingerprint density at radius 1 is 1.22 bits per heavy atom. The second kappa shape index (κ2) is 8.67. The molecule has 1 aromatic carbocycles. The van der Waals surface area contributed by atoms with Gasteiger partial charge in [0, 0.05) is 32.1 Å². The van der Waals surface area contributed by atoms with Crippen LogP contribution in [0.25, 0.3) is 10.4 Å². The van der Waals surface area contributed by atoms with E-state index in [0.29, 0.717) is 32.4 Å². The van der Waals surface area contributed by atoms with Gasteiger partial charge in [-0.3, -0.25) is 9.59 Å². The van der Waals surface area contributed by atoms with Crippen LogP contribution in [-0.4, -0.2) is 50.6 Å². The molecule has 1 fully saturated rings. The molecule has 2 amide bonds. The number of nitrogens with zero attached hydrogens (tertiary/aromatic N) is 1. The Kier molecular flexibility index (Phi) is 6.29. The number of piperidine rings is 1. The molecule has 1 aromatic heterocycles. The fourth-order valence-electron chi connectivity index (χ4n) is 3.82. The van der Waals surface area contributed by atoms with Gasteiger partial charge in [0.05, 0.1) is 5.41 Å². The van der Waals surface area contributed by atoms with E-state index in [-0.39, 0.29) is 18.4 Å². The van der Waals surface area contributed by atoms with Crippen LogP contribution in [0.4, 0.5) is 0 Å². The van der Waals surface area contributed by atoms with Gasteiger partial charge in [0.15, 0.2) is 0 Å². The van der Waals surface area contributed by atoms with E-state index in [1.165, 1.54) is 17.6 Å². The Labute approximate surface area is 164 Å². The summed E-state index contributed by atoms with van der Waals surface area (Å²) >= 11 is 1.71. The van der Waals surface area contributed by atoms with Gasteiger partial charge in [-0.2, -0.15) is 0 Å². The van der Waals surface area contributed by atoms with Gasteiger partial charge in [-0.05, 0) is 41.8 Å². The smallest absolute Gasteiger partial charge is 0.248 e. The maximum Gasteiger partial charge on any atom is 0.248 e. The first kappa shape index (κ1) is 19.6. The van der Waals surface area contributed by atoms with Crippen molar-refractivity contribution in [3.05, 3.63) is 47.3 Å². The van der Waals surface area contributed by atoms with Gasteiger partial charge in [0.1, 0.15) is 6.61 Å². The summed E-state index contributed by atoms with van der Waals surface area (Å²) in [6.07, 6.45) is 1.99. The lowest BCUT2D eigenvalue weighted by atomic mass is 9.72. The van der Waals surface area contributed by atoms with E-state index >= 15 is 0 Å². The van der Waals surface area contributed by atoms with Crippen molar-refractivity contribution < 1.29 is 14.3 Å². The second-order valence-corrected chi connectivity index (χ2v) is 7.98. The topological polar surface area (TPSA) is 58.6 Å². The molecule has 27 heavy (non-hydrogen) atoms. The number of methoxy groups -OCH3 is 1. The first-order valence-corrected chi connectivity index (χ1v) is 10.1. The van der Waals surface area contributed by atoms with Crippen LogP contribution in [0.3, 0.4) is 0 Å². The standard InChI is InChI=1S/C21H26N2O3S/c1-22-20(25)21(8-10-23(11-9-21)19(24)15-26-2)14-16-5-3-6-17(13-16)18-7-4-12-27-18/h3-7,12-13H,8-11,14-15H2,1-2H3,(H,22,25). The number of carbonyl (C=O) groups is 2. The Balaban J connectivity index is 1.78. The van der Waals surface area contributed by atoms with Gasteiger partial charge in [-0.25, -0.2) is 0 Å². The van der Waals surface area contributed by atoms with Crippen molar-refractivity contribution in [3.8, 4) is 10.4 Å². The molecule has 1 aliphatic heterocycles. The molecule has 6 heteroatoms. The highest BCUT2D eigenvalue weighted by atomic mass is 32.1. The zero-order chi connectivity index (χ0) is 19.3. The first-order chi connectivity index (χ1) is 13.1. The number of thiophene rings is 1. The van der Waals surface area contributed by atoms with Crippen LogP contribution in [-0.2, 0) is 20.7 Å². The zero-order valence-electron chi connectivity index (χ0n) is 15.9. The van der Waals surface area contributed by atoms with E-state index in [0.717, 1.165) is 5.56 Å². The highest BCUT2D eigenvalue weighted by Gasteiger charge is 2.41. The predicted octanol–water partition coefficient (Wildman–Crippen LogP) is 2.96. The lowest BCUT2D eigenvalue weighted by Gasteiger charge is -2.40. The van der Waals surface area contributed by atoms with E-state index in [1.54, 1.807) is 23.3 Å².